The Morgan fingerprint density at radius 3 is 3.00 bits per heavy atom. The third-order valence-corrected chi connectivity index (χ3v) is 2.53. The molecule has 0 spiro atoms. The normalized spacial score (nSPS) is 9.86. The van der Waals surface area contributed by atoms with Crippen LogP contribution in [0.3, 0.4) is 0 Å². The number of anilines is 1. The molecule has 0 aliphatic heterocycles. The first-order chi connectivity index (χ1) is 6.61. The lowest BCUT2D eigenvalue weighted by molar-refractivity contribution is -0.118. The number of rotatable bonds is 3. The van der Waals surface area contributed by atoms with Crippen molar-refractivity contribution in [1.82, 2.24) is 10.3 Å². The summed E-state index contributed by atoms with van der Waals surface area (Å²) in [4.78, 5) is 14.9. The van der Waals surface area contributed by atoms with Crippen LogP contribution in [0.5, 0.6) is 0 Å². The van der Waals surface area contributed by atoms with Crippen LogP contribution in [0.15, 0.2) is 17.2 Å². The minimum atomic E-state index is -0.0599. The van der Waals surface area contributed by atoms with Gasteiger partial charge in [-0.3, -0.25) is 4.79 Å². The van der Waals surface area contributed by atoms with Gasteiger partial charge in [0.05, 0.1) is 5.75 Å². The van der Waals surface area contributed by atoms with Crippen LogP contribution in [-0.4, -0.2) is 23.7 Å². The molecule has 3 N–H and O–H groups in total. The van der Waals surface area contributed by atoms with Crippen LogP contribution in [0.2, 0.25) is 5.15 Å². The van der Waals surface area contributed by atoms with Gasteiger partial charge in [-0.2, -0.15) is 0 Å². The number of hydrogen-bond donors (Lipinski definition) is 2. The summed E-state index contributed by atoms with van der Waals surface area (Å²) in [7, 11) is 1.59. The van der Waals surface area contributed by atoms with Crippen molar-refractivity contribution in [3.05, 3.63) is 17.3 Å². The van der Waals surface area contributed by atoms with Crippen molar-refractivity contribution in [2.45, 2.75) is 5.03 Å². The average Bonchev–Trinajstić information content (AvgIpc) is 2.12. The maximum atomic E-state index is 10.9. The summed E-state index contributed by atoms with van der Waals surface area (Å²) in [5, 5.41) is 3.50. The van der Waals surface area contributed by atoms with E-state index < -0.39 is 0 Å². The van der Waals surface area contributed by atoms with Crippen LogP contribution in [0.25, 0.3) is 0 Å². The highest BCUT2D eigenvalue weighted by atomic mass is 35.5. The van der Waals surface area contributed by atoms with E-state index in [4.69, 9.17) is 17.3 Å². The number of halogens is 1. The van der Waals surface area contributed by atoms with Crippen LogP contribution in [0.1, 0.15) is 0 Å². The lowest BCUT2D eigenvalue weighted by atomic mass is 10.4. The maximum Gasteiger partial charge on any atom is 0.230 e. The number of thioether (sulfide) groups is 1. The monoisotopic (exact) mass is 231 g/mol. The van der Waals surface area contributed by atoms with E-state index in [0.29, 0.717) is 21.6 Å². The number of nitrogens with two attached hydrogens (primary N) is 1. The molecule has 1 rings (SSSR count). The Morgan fingerprint density at radius 2 is 2.43 bits per heavy atom. The molecule has 1 amide bonds. The fraction of sp³-hybridized carbons (Fsp3) is 0.250. The Balaban J connectivity index is 2.63. The van der Waals surface area contributed by atoms with Crippen LogP contribution < -0.4 is 11.1 Å². The zero-order chi connectivity index (χ0) is 10.6. The standard InChI is InChI=1S/C8H10ClN3OS/c1-11-7(13)4-14-8-3-5(10)2-6(9)12-8/h2-3H,4H2,1H3,(H2,10,12)(H,11,13). The summed E-state index contributed by atoms with van der Waals surface area (Å²) in [6, 6.07) is 3.24. The molecule has 14 heavy (non-hydrogen) atoms. The highest BCUT2D eigenvalue weighted by molar-refractivity contribution is 7.99. The summed E-state index contributed by atoms with van der Waals surface area (Å²) in [5.74, 6) is 0.249. The molecular weight excluding hydrogens is 222 g/mol. The Labute approximate surface area is 91.2 Å². The number of carbonyl (C=O) groups excluding carboxylic acids is 1. The minimum Gasteiger partial charge on any atom is -0.399 e. The third kappa shape index (κ3) is 3.43. The predicted octanol–water partition coefficient (Wildman–Crippen LogP) is 1.16. The molecule has 0 unspecified atom stereocenters. The maximum absolute atomic E-state index is 10.9. The fourth-order valence-electron chi connectivity index (χ4n) is 0.777. The summed E-state index contributed by atoms with van der Waals surface area (Å²) in [6.45, 7) is 0. The van der Waals surface area contributed by atoms with Crippen molar-refractivity contribution in [2.24, 2.45) is 0 Å². The van der Waals surface area contributed by atoms with Gasteiger partial charge in [0.2, 0.25) is 5.91 Å². The first-order valence-corrected chi connectivity index (χ1v) is 5.24. The zero-order valence-corrected chi connectivity index (χ0v) is 9.15. The fourth-order valence-corrected chi connectivity index (χ4v) is 1.85. The SMILES string of the molecule is CNC(=O)CSc1cc(N)cc(Cl)n1. The van der Waals surface area contributed by atoms with Gasteiger partial charge in [-0.05, 0) is 12.1 Å². The molecule has 4 nitrogen and oxygen atoms in total. The lowest BCUT2D eigenvalue weighted by Gasteiger charge is -2.01. The summed E-state index contributed by atoms with van der Waals surface area (Å²) in [5.41, 5.74) is 6.11. The Hall–Kier alpha value is -0.940. The number of nitrogens with one attached hydrogen (secondary N) is 1. The van der Waals surface area contributed by atoms with Gasteiger partial charge in [0.1, 0.15) is 10.2 Å². The average molecular weight is 232 g/mol. The molecule has 1 aromatic rings. The van der Waals surface area contributed by atoms with E-state index >= 15 is 0 Å². The molecular formula is C8H10ClN3OS. The van der Waals surface area contributed by atoms with E-state index in [0.717, 1.165) is 0 Å². The molecule has 0 aromatic carbocycles. The van der Waals surface area contributed by atoms with E-state index in [-0.39, 0.29) is 5.91 Å². The van der Waals surface area contributed by atoms with E-state index in [1.165, 1.54) is 11.8 Å². The molecule has 1 aromatic heterocycles. The van der Waals surface area contributed by atoms with Gasteiger partial charge in [0.15, 0.2) is 0 Å². The first-order valence-electron chi connectivity index (χ1n) is 3.88. The van der Waals surface area contributed by atoms with Gasteiger partial charge in [0, 0.05) is 12.7 Å². The smallest absolute Gasteiger partial charge is 0.230 e. The highest BCUT2D eigenvalue weighted by Gasteiger charge is 2.03. The molecule has 0 saturated heterocycles. The second-order valence-corrected chi connectivity index (χ2v) is 3.91. The van der Waals surface area contributed by atoms with Crippen molar-refractivity contribution in [3.8, 4) is 0 Å². The molecule has 76 valence electrons. The highest BCUT2D eigenvalue weighted by Crippen LogP contribution is 2.20. The summed E-state index contributed by atoms with van der Waals surface area (Å²) in [6.07, 6.45) is 0. The number of hydrogen-bond acceptors (Lipinski definition) is 4. The van der Waals surface area contributed by atoms with Crippen molar-refractivity contribution in [2.75, 3.05) is 18.5 Å². The van der Waals surface area contributed by atoms with Crippen LogP contribution >= 0.6 is 23.4 Å². The van der Waals surface area contributed by atoms with Crippen molar-refractivity contribution in [1.29, 1.82) is 0 Å². The molecule has 0 atom stereocenters. The second-order valence-electron chi connectivity index (χ2n) is 2.52. The number of aromatic nitrogens is 1. The van der Waals surface area contributed by atoms with E-state index in [9.17, 15) is 4.79 Å². The third-order valence-electron chi connectivity index (χ3n) is 1.42. The molecule has 0 saturated carbocycles. The molecule has 0 aliphatic carbocycles. The van der Waals surface area contributed by atoms with E-state index in [2.05, 4.69) is 10.3 Å². The molecule has 0 aliphatic rings. The lowest BCUT2D eigenvalue weighted by Crippen LogP contribution is -2.19. The zero-order valence-electron chi connectivity index (χ0n) is 7.58. The molecule has 0 fully saturated rings. The van der Waals surface area contributed by atoms with Crippen molar-refractivity contribution >= 4 is 35.0 Å². The molecule has 1 heterocycles. The number of amides is 1. The van der Waals surface area contributed by atoms with Gasteiger partial charge in [-0.1, -0.05) is 23.4 Å². The van der Waals surface area contributed by atoms with E-state index in [1.54, 1.807) is 19.2 Å². The second kappa shape index (κ2) is 5.07. The van der Waals surface area contributed by atoms with Gasteiger partial charge in [-0.25, -0.2) is 4.98 Å². The van der Waals surface area contributed by atoms with Gasteiger partial charge < -0.3 is 11.1 Å². The predicted molar refractivity (Wildman–Crippen MR) is 58.5 cm³/mol. The van der Waals surface area contributed by atoms with Crippen LogP contribution in [0, 0.1) is 0 Å². The quantitative estimate of drug-likeness (QED) is 0.605. The number of nitrogen functional groups attached to an aromatic ring is 1. The summed E-state index contributed by atoms with van der Waals surface area (Å²) < 4.78 is 0. The van der Waals surface area contributed by atoms with Gasteiger partial charge >= 0.3 is 0 Å². The molecule has 0 bridgehead atoms. The number of carbonyl (C=O) groups is 1. The van der Waals surface area contributed by atoms with Gasteiger partial charge in [0.25, 0.3) is 0 Å². The largest absolute Gasteiger partial charge is 0.399 e. The Bertz CT molecular complexity index is 325. The van der Waals surface area contributed by atoms with Crippen molar-refractivity contribution in [3.63, 3.8) is 0 Å². The number of nitrogens with zero attached hydrogens (tertiary/aromatic N) is 1. The first kappa shape index (κ1) is 11.1. The van der Waals surface area contributed by atoms with Crippen molar-refractivity contribution < 1.29 is 4.79 Å². The molecule has 0 radical (unpaired) electrons. The summed E-state index contributed by atoms with van der Waals surface area (Å²) >= 11 is 6.99. The topological polar surface area (TPSA) is 68.0 Å². The Morgan fingerprint density at radius 1 is 1.71 bits per heavy atom. The minimum absolute atomic E-state index is 0.0599. The number of pyridine rings is 1. The molecule has 6 heteroatoms. The van der Waals surface area contributed by atoms with Crippen LogP contribution in [-0.2, 0) is 4.79 Å². The van der Waals surface area contributed by atoms with Gasteiger partial charge in [-0.15, -0.1) is 0 Å². The Kier molecular flexibility index (Phi) is 4.03. The van der Waals surface area contributed by atoms with E-state index in [1.807, 2.05) is 0 Å². The van der Waals surface area contributed by atoms with Crippen LogP contribution in [0.4, 0.5) is 5.69 Å².